The summed E-state index contributed by atoms with van der Waals surface area (Å²) in [5.41, 5.74) is 6.04. The molecule has 0 spiro atoms. The van der Waals surface area contributed by atoms with Gasteiger partial charge in [-0.25, -0.2) is 0 Å². The Hall–Kier alpha value is -1.23. The monoisotopic (exact) mass is 258 g/mol. The third-order valence-corrected chi connectivity index (χ3v) is 3.32. The molecule has 18 heavy (non-hydrogen) atoms. The van der Waals surface area contributed by atoms with E-state index >= 15 is 0 Å². The number of piperidine rings is 1. The Bertz CT molecular complexity index is 409. The molecular formula is C13H17F3N2. The molecule has 100 valence electrons. The van der Waals surface area contributed by atoms with E-state index in [4.69, 9.17) is 5.73 Å². The number of benzene rings is 1. The number of hydrogen-bond acceptors (Lipinski definition) is 2. The Morgan fingerprint density at radius 3 is 2.33 bits per heavy atom. The maximum absolute atomic E-state index is 12.5. The van der Waals surface area contributed by atoms with Gasteiger partial charge in [-0.05, 0) is 43.6 Å². The molecule has 1 heterocycles. The van der Waals surface area contributed by atoms with Gasteiger partial charge in [0.1, 0.15) is 0 Å². The minimum absolute atomic E-state index is 0.232. The van der Waals surface area contributed by atoms with E-state index in [1.165, 1.54) is 12.5 Å². The zero-order valence-electron chi connectivity index (χ0n) is 10.1. The number of anilines is 1. The van der Waals surface area contributed by atoms with E-state index in [2.05, 4.69) is 4.90 Å². The van der Waals surface area contributed by atoms with Crippen molar-refractivity contribution in [1.29, 1.82) is 0 Å². The van der Waals surface area contributed by atoms with Crippen LogP contribution in [0.4, 0.5) is 18.9 Å². The highest BCUT2D eigenvalue weighted by atomic mass is 19.4. The first-order valence-electron chi connectivity index (χ1n) is 6.15. The van der Waals surface area contributed by atoms with Crippen molar-refractivity contribution in [3.05, 3.63) is 29.3 Å². The normalized spacial score (nSPS) is 17.9. The molecule has 5 heteroatoms. The first-order chi connectivity index (χ1) is 8.47. The number of rotatable bonds is 2. The summed E-state index contributed by atoms with van der Waals surface area (Å²) in [7, 11) is 0. The average Bonchev–Trinajstić information content (AvgIpc) is 2.32. The van der Waals surface area contributed by atoms with Crippen molar-refractivity contribution < 1.29 is 13.2 Å². The van der Waals surface area contributed by atoms with Crippen LogP contribution < -0.4 is 5.73 Å². The quantitative estimate of drug-likeness (QED) is 0.825. The van der Waals surface area contributed by atoms with Gasteiger partial charge in [0.15, 0.2) is 0 Å². The number of halogens is 3. The van der Waals surface area contributed by atoms with Crippen LogP contribution in [0.15, 0.2) is 18.2 Å². The van der Waals surface area contributed by atoms with E-state index < -0.39 is 11.7 Å². The fourth-order valence-corrected chi connectivity index (χ4v) is 2.27. The van der Waals surface area contributed by atoms with Crippen molar-refractivity contribution in [3.63, 3.8) is 0 Å². The lowest BCUT2D eigenvalue weighted by Crippen LogP contribution is -2.29. The average molecular weight is 258 g/mol. The van der Waals surface area contributed by atoms with Crippen LogP contribution in [0.5, 0.6) is 0 Å². The van der Waals surface area contributed by atoms with E-state index in [0.29, 0.717) is 6.54 Å². The molecule has 0 radical (unpaired) electrons. The molecule has 0 unspecified atom stereocenters. The van der Waals surface area contributed by atoms with Gasteiger partial charge in [0.05, 0.1) is 5.56 Å². The van der Waals surface area contributed by atoms with E-state index in [9.17, 15) is 13.2 Å². The minimum Gasteiger partial charge on any atom is -0.398 e. The number of alkyl halides is 3. The van der Waals surface area contributed by atoms with E-state index in [1.807, 2.05) is 0 Å². The molecule has 1 aromatic rings. The van der Waals surface area contributed by atoms with Crippen LogP contribution in [-0.2, 0) is 12.7 Å². The van der Waals surface area contributed by atoms with Crippen LogP contribution in [0.25, 0.3) is 0 Å². The molecule has 0 bridgehead atoms. The Balaban J connectivity index is 2.09. The summed E-state index contributed by atoms with van der Waals surface area (Å²) in [6, 6.07) is 3.63. The fraction of sp³-hybridized carbons (Fsp3) is 0.538. The van der Waals surface area contributed by atoms with Crippen molar-refractivity contribution in [3.8, 4) is 0 Å². The first-order valence-corrected chi connectivity index (χ1v) is 6.15. The van der Waals surface area contributed by atoms with Gasteiger partial charge in [-0.3, -0.25) is 4.90 Å². The van der Waals surface area contributed by atoms with E-state index in [-0.39, 0.29) is 5.69 Å². The summed E-state index contributed by atoms with van der Waals surface area (Å²) in [5, 5.41) is 0. The predicted octanol–water partition coefficient (Wildman–Crippen LogP) is 3.27. The first kappa shape index (κ1) is 13.2. The molecule has 2 N–H and O–H groups in total. The maximum atomic E-state index is 12.5. The number of likely N-dealkylation sites (tertiary alicyclic amines) is 1. The molecule has 1 saturated heterocycles. The van der Waals surface area contributed by atoms with Crippen molar-refractivity contribution in [2.45, 2.75) is 32.0 Å². The summed E-state index contributed by atoms with van der Waals surface area (Å²) in [5.74, 6) is 0. The van der Waals surface area contributed by atoms with Crippen LogP contribution in [0, 0.1) is 0 Å². The maximum Gasteiger partial charge on any atom is 0.416 e. The molecule has 0 aromatic heterocycles. The summed E-state index contributed by atoms with van der Waals surface area (Å²) >= 11 is 0. The highest BCUT2D eigenvalue weighted by molar-refractivity contribution is 5.49. The molecule has 2 rings (SSSR count). The van der Waals surface area contributed by atoms with Crippen LogP contribution in [0.1, 0.15) is 30.4 Å². The Morgan fingerprint density at radius 2 is 1.78 bits per heavy atom. The molecule has 1 fully saturated rings. The lowest BCUT2D eigenvalue weighted by molar-refractivity contribution is -0.137. The van der Waals surface area contributed by atoms with Crippen molar-refractivity contribution >= 4 is 5.69 Å². The van der Waals surface area contributed by atoms with Gasteiger partial charge >= 0.3 is 6.18 Å². The van der Waals surface area contributed by atoms with Gasteiger partial charge in [0, 0.05) is 12.2 Å². The van der Waals surface area contributed by atoms with Gasteiger partial charge in [-0.15, -0.1) is 0 Å². The third kappa shape index (κ3) is 3.16. The van der Waals surface area contributed by atoms with Gasteiger partial charge in [0.25, 0.3) is 0 Å². The lowest BCUT2D eigenvalue weighted by Gasteiger charge is -2.27. The van der Waals surface area contributed by atoms with Crippen LogP contribution in [-0.4, -0.2) is 18.0 Å². The zero-order chi connectivity index (χ0) is 13.2. The van der Waals surface area contributed by atoms with E-state index in [0.717, 1.165) is 43.6 Å². The Morgan fingerprint density at radius 1 is 1.11 bits per heavy atom. The number of hydrogen-bond donors (Lipinski definition) is 1. The number of nitrogens with two attached hydrogens (primary N) is 1. The molecular weight excluding hydrogens is 241 g/mol. The van der Waals surface area contributed by atoms with Crippen molar-refractivity contribution in [1.82, 2.24) is 4.90 Å². The largest absolute Gasteiger partial charge is 0.416 e. The van der Waals surface area contributed by atoms with Gasteiger partial charge in [-0.1, -0.05) is 12.5 Å². The summed E-state index contributed by atoms with van der Waals surface area (Å²) in [6.45, 7) is 2.64. The standard InChI is InChI=1S/C13H17F3N2/c14-13(15,16)11-5-4-10(12(17)8-11)9-18-6-2-1-3-7-18/h4-5,8H,1-3,6-7,9,17H2. The number of nitrogens with zero attached hydrogens (tertiary/aromatic N) is 1. The molecule has 1 aromatic carbocycles. The summed E-state index contributed by atoms with van der Waals surface area (Å²) < 4.78 is 37.5. The van der Waals surface area contributed by atoms with Crippen molar-refractivity contribution in [2.75, 3.05) is 18.8 Å². The topological polar surface area (TPSA) is 29.3 Å². The van der Waals surface area contributed by atoms with Crippen molar-refractivity contribution in [2.24, 2.45) is 0 Å². The molecule has 1 aliphatic rings. The predicted molar refractivity (Wildman–Crippen MR) is 65.0 cm³/mol. The van der Waals surface area contributed by atoms with Gasteiger partial charge < -0.3 is 5.73 Å². The second-order valence-corrected chi connectivity index (χ2v) is 4.75. The highest BCUT2D eigenvalue weighted by Gasteiger charge is 2.30. The molecule has 0 amide bonds. The second kappa shape index (κ2) is 5.18. The smallest absolute Gasteiger partial charge is 0.398 e. The van der Waals surface area contributed by atoms with Gasteiger partial charge in [0.2, 0.25) is 0 Å². The van der Waals surface area contributed by atoms with E-state index in [1.54, 1.807) is 0 Å². The van der Waals surface area contributed by atoms with Crippen LogP contribution in [0.2, 0.25) is 0 Å². The molecule has 0 aliphatic carbocycles. The molecule has 0 saturated carbocycles. The SMILES string of the molecule is Nc1cc(C(F)(F)F)ccc1CN1CCCCC1. The molecule has 0 atom stereocenters. The van der Waals surface area contributed by atoms with Gasteiger partial charge in [-0.2, -0.15) is 13.2 Å². The third-order valence-electron chi connectivity index (χ3n) is 3.32. The number of nitrogen functional groups attached to an aromatic ring is 1. The zero-order valence-corrected chi connectivity index (χ0v) is 10.1. The Kier molecular flexibility index (Phi) is 3.80. The van der Waals surface area contributed by atoms with Crippen LogP contribution >= 0.6 is 0 Å². The molecule has 1 aliphatic heterocycles. The van der Waals surface area contributed by atoms with Crippen LogP contribution in [0.3, 0.4) is 0 Å². The fourth-order valence-electron chi connectivity index (χ4n) is 2.27. The lowest BCUT2D eigenvalue weighted by atomic mass is 10.1. The summed E-state index contributed by atoms with van der Waals surface area (Å²) in [6.07, 6.45) is -0.780. The highest BCUT2D eigenvalue weighted by Crippen LogP contribution is 2.31. The minimum atomic E-state index is -4.32. The Labute approximate surface area is 105 Å². The summed E-state index contributed by atoms with van der Waals surface area (Å²) in [4.78, 5) is 2.24. The second-order valence-electron chi connectivity index (χ2n) is 4.75. The molecule has 2 nitrogen and oxygen atoms in total.